The second-order valence-corrected chi connectivity index (χ2v) is 2.97. The number of carbonyl (C=O) groups excluding carboxylic acids is 1. The SMILES string of the molecule is COCCc1c(C(C)=O)n[nH]c1C. The van der Waals surface area contributed by atoms with Gasteiger partial charge in [-0.25, -0.2) is 0 Å². The van der Waals surface area contributed by atoms with Gasteiger partial charge in [-0.15, -0.1) is 0 Å². The van der Waals surface area contributed by atoms with Gasteiger partial charge < -0.3 is 4.74 Å². The first-order valence-corrected chi connectivity index (χ1v) is 4.20. The number of hydrogen-bond acceptors (Lipinski definition) is 3. The largest absolute Gasteiger partial charge is 0.384 e. The molecule has 0 radical (unpaired) electrons. The summed E-state index contributed by atoms with van der Waals surface area (Å²) in [5.74, 6) is -0.00421. The lowest BCUT2D eigenvalue weighted by Crippen LogP contribution is -2.02. The van der Waals surface area contributed by atoms with Crippen molar-refractivity contribution in [2.24, 2.45) is 0 Å². The van der Waals surface area contributed by atoms with Crippen molar-refractivity contribution < 1.29 is 9.53 Å². The monoisotopic (exact) mass is 182 g/mol. The number of rotatable bonds is 4. The van der Waals surface area contributed by atoms with Crippen molar-refractivity contribution in [3.05, 3.63) is 17.0 Å². The molecule has 0 bridgehead atoms. The lowest BCUT2D eigenvalue weighted by Gasteiger charge is -1.99. The van der Waals surface area contributed by atoms with E-state index in [-0.39, 0.29) is 5.78 Å². The maximum Gasteiger partial charge on any atom is 0.180 e. The number of ketones is 1. The molecular formula is C9H14N2O2. The van der Waals surface area contributed by atoms with Crippen molar-refractivity contribution in [3.8, 4) is 0 Å². The second-order valence-electron chi connectivity index (χ2n) is 2.97. The van der Waals surface area contributed by atoms with Crippen LogP contribution in [0.2, 0.25) is 0 Å². The van der Waals surface area contributed by atoms with Gasteiger partial charge in [0.2, 0.25) is 0 Å². The number of carbonyl (C=O) groups is 1. The van der Waals surface area contributed by atoms with Crippen LogP contribution >= 0.6 is 0 Å². The van der Waals surface area contributed by atoms with Crippen LogP contribution in [-0.2, 0) is 11.2 Å². The van der Waals surface area contributed by atoms with Crippen LogP contribution in [0.5, 0.6) is 0 Å². The Balaban J connectivity index is 2.88. The molecule has 1 aromatic rings. The predicted molar refractivity (Wildman–Crippen MR) is 48.9 cm³/mol. The summed E-state index contributed by atoms with van der Waals surface area (Å²) in [4.78, 5) is 11.1. The van der Waals surface area contributed by atoms with Crippen LogP contribution in [0.1, 0.15) is 28.7 Å². The van der Waals surface area contributed by atoms with Crippen LogP contribution in [0.25, 0.3) is 0 Å². The fraction of sp³-hybridized carbons (Fsp3) is 0.556. The topological polar surface area (TPSA) is 55.0 Å². The van der Waals surface area contributed by atoms with Gasteiger partial charge in [-0.1, -0.05) is 0 Å². The Kier molecular flexibility index (Phi) is 3.19. The first-order chi connectivity index (χ1) is 6.16. The Morgan fingerprint density at radius 1 is 1.62 bits per heavy atom. The lowest BCUT2D eigenvalue weighted by molar-refractivity contribution is 0.101. The quantitative estimate of drug-likeness (QED) is 0.709. The summed E-state index contributed by atoms with van der Waals surface area (Å²) in [6, 6.07) is 0. The number of aryl methyl sites for hydroxylation is 1. The molecule has 0 fully saturated rings. The summed E-state index contributed by atoms with van der Waals surface area (Å²) in [7, 11) is 1.64. The van der Waals surface area contributed by atoms with Gasteiger partial charge in [-0.3, -0.25) is 9.89 Å². The molecule has 0 aliphatic rings. The van der Waals surface area contributed by atoms with Gasteiger partial charge in [0.1, 0.15) is 5.69 Å². The van der Waals surface area contributed by atoms with Crippen LogP contribution in [0.4, 0.5) is 0 Å². The minimum Gasteiger partial charge on any atom is -0.384 e. The van der Waals surface area contributed by atoms with Gasteiger partial charge in [0, 0.05) is 25.3 Å². The van der Waals surface area contributed by atoms with Gasteiger partial charge in [-0.05, 0) is 13.3 Å². The molecule has 0 amide bonds. The van der Waals surface area contributed by atoms with E-state index in [0.717, 1.165) is 17.7 Å². The molecule has 4 heteroatoms. The summed E-state index contributed by atoms with van der Waals surface area (Å²) in [5, 5.41) is 6.74. The second kappa shape index (κ2) is 4.18. The van der Waals surface area contributed by atoms with Gasteiger partial charge in [0.25, 0.3) is 0 Å². The molecule has 0 aliphatic carbocycles. The summed E-state index contributed by atoms with van der Waals surface area (Å²) >= 11 is 0. The standard InChI is InChI=1S/C9H14N2O2/c1-6-8(4-5-13-3)9(7(2)12)11-10-6/h4-5H2,1-3H3,(H,10,11). The molecule has 72 valence electrons. The van der Waals surface area contributed by atoms with Gasteiger partial charge in [0.15, 0.2) is 5.78 Å². The molecule has 0 saturated carbocycles. The summed E-state index contributed by atoms with van der Waals surface area (Å²) in [6.45, 7) is 4.04. The van der Waals surface area contributed by atoms with Crippen LogP contribution in [0, 0.1) is 6.92 Å². The Hall–Kier alpha value is -1.16. The smallest absolute Gasteiger partial charge is 0.180 e. The van der Waals surface area contributed by atoms with Crippen molar-refractivity contribution >= 4 is 5.78 Å². The van der Waals surface area contributed by atoms with Crippen LogP contribution in [0.15, 0.2) is 0 Å². The molecular weight excluding hydrogens is 168 g/mol. The predicted octanol–water partition coefficient (Wildman–Crippen LogP) is 1.11. The summed E-state index contributed by atoms with van der Waals surface area (Å²) in [6.07, 6.45) is 0.730. The fourth-order valence-corrected chi connectivity index (χ4v) is 1.25. The van der Waals surface area contributed by atoms with E-state index < -0.39 is 0 Å². The van der Waals surface area contributed by atoms with Crippen molar-refractivity contribution in [2.75, 3.05) is 13.7 Å². The van der Waals surface area contributed by atoms with Crippen molar-refractivity contribution in [3.63, 3.8) is 0 Å². The average Bonchev–Trinajstić information content (AvgIpc) is 2.43. The number of methoxy groups -OCH3 is 1. The van der Waals surface area contributed by atoms with Crippen LogP contribution in [-0.4, -0.2) is 29.7 Å². The molecule has 1 aromatic heterocycles. The maximum absolute atomic E-state index is 11.1. The Labute approximate surface area is 77.3 Å². The number of Topliss-reactive ketones (excluding diaryl/α,β-unsaturated/α-hetero) is 1. The summed E-state index contributed by atoms with van der Waals surface area (Å²) < 4.78 is 4.95. The number of aromatic amines is 1. The third-order valence-electron chi connectivity index (χ3n) is 1.96. The summed E-state index contributed by atoms with van der Waals surface area (Å²) in [5.41, 5.74) is 2.45. The van der Waals surface area contributed by atoms with Crippen LogP contribution in [0.3, 0.4) is 0 Å². The number of aromatic nitrogens is 2. The number of hydrogen-bond donors (Lipinski definition) is 1. The van der Waals surface area contributed by atoms with Crippen molar-refractivity contribution in [2.45, 2.75) is 20.3 Å². The normalized spacial score (nSPS) is 10.4. The third kappa shape index (κ3) is 2.15. The number of nitrogens with one attached hydrogen (secondary N) is 1. The van der Waals surface area contributed by atoms with E-state index >= 15 is 0 Å². The van der Waals surface area contributed by atoms with E-state index in [1.807, 2.05) is 6.92 Å². The maximum atomic E-state index is 11.1. The minimum absolute atomic E-state index is 0.00421. The van der Waals surface area contributed by atoms with E-state index in [1.165, 1.54) is 6.92 Å². The lowest BCUT2D eigenvalue weighted by atomic mass is 10.1. The first-order valence-electron chi connectivity index (χ1n) is 4.20. The highest BCUT2D eigenvalue weighted by Crippen LogP contribution is 2.11. The molecule has 1 N–H and O–H groups in total. The fourth-order valence-electron chi connectivity index (χ4n) is 1.25. The molecule has 0 atom stereocenters. The number of nitrogens with zero attached hydrogens (tertiary/aromatic N) is 1. The molecule has 4 nitrogen and oxygen atoms in total. The highest BCUT2D eigenvalue weighted by Gasteiger charge is 2.12. The van der Waals surface area contributed by atoms with Gasteiger partial charge in [-0.2, -0.15) is 5.10 Å². The Bertz CT molecular complexity index is 305. The van der Waals surface area contributed by atoms with E-state index in [1.54, 1.807) is 7.11 Å². The van der Waals surface area contributed by atoms with Crippen LogP contribution < -0.4 is 0 Å². The Morgan fingerprint density at radius 3 is 2.85 bits per heavy atom. The zero-order valence-electron chi connectivity index (χ0n) is 8.18. The molecule has 0 spiro atoms. The molecule has 0 aliphatic heterocycles. The van der Waals surface area contributed by atoms with Gasteiger partial charge >= 0.3 is 0 Å². The van der Waals surface area contributed by atoms with E-state index in [0.29, 0.717) is 12.3 Å². The van der Waals surface area contributed by atoms with E-state index in [9.17, 15) is 4.79 Å². The van der Waals surface area contributed by atoms with Gasteiger partial charge in [0.05, 0.1) is 6.61 Å². The molecule has 1 heterocycles. The average molecular weight is 182 g/mol. The molecule has 13 heavy (non-hydrogen) atoms. The van der Waals surface area contributed by atoms with Crippen molar-refractivity contribution in [1.29, 1.82) is 0 Å². The molecule has 1 rings (SSSR count). The molecule has 0 unspecified atom stereocenters. The highest BCUT2D eigenvalue weighted by molar-refractivity contribution is 5.93. The molecule has 0 aromatic carbocycles. The first kappa shape index (κ1) is 9.92. The van der Waals surface area contributed by atoms with Crippen molar-refractivity contribution in [1.82, 2.24) is 10.2 Å². The number of H-pyrrole nitrogens is 1. The zero-order chi connectivity index (χ0) is 9.84. The minimum atomic E-state index is -0.00421. The van der Waals surface area contributed by atoms with E-state index in [4.69, 9.17) is 4.74 Å². The Morgan fingerprint density at radius 2 is 2.31 bits per heavy atom. The van der Waals surface area contributed by atoms with E-state index in [2.05, 4.69) is 10.2 Å². The number of ether oxygens (including phenoxy) is 1. The zero-order valence-corrected chi connectivity index (χ0v) is 8.18. The molecule has 0 saturated heterocycles. The third-order valence-corrected chi connectivity index (χ3v) is 1.96. The highest BCUT2D eigenvalue weighted by atomic mass is 16.5.